The van der Waals surface area contributed by atoms with E-state index >= 15 is 0 Å². The Balaban J connectivity index is 1.53. The SMILES string of the molecule is CN1C[C@H](O)C[C@@H](C2=NOCC(CN3CCCCC3)O2)C1. The van der Waals surface area contributed by atoms with Crippen molar-refractivity contribution in [2.75, 3.05) is 46.4 Å². The predicted octanol–water partition coefficient (Wildman–Crippen LogP) is 0.514. The molecule has 0 amide bonds. The van der Waals surface area contributed by atoms with Crippen LogP contribution in [0.4, 0.5) is 0 Å². The fourth-order valence-electron chi connectivity index (χ4n) is 3.57. The summed E-state index contributed by atoms with van der Waals surface area (Å²) in [5.74, 6) is 0.816. The first-order valence-electron chi connectivity index (χ1n) is 8.16. The number of likely N-dealkylation sites (N-methyl/N-ethyl adjacent to an activating group) is 1. The molecular weight excluding hydrogens is 270 g/mol. The molecule has 6 heteroatoms. The maximum absolute atomic E-state index is 9.91. The van der Waals surface area contributed by atoms with Gasteiger partial charge in [0.15, 0.2) is 6.61 Å². The van der Waals surface area contributed by atoms with Gasteiger partial charge in [-0.1, -0.05) is 11.6 Å². The molecule has 0 radical (unpaired) electrons. The molecule has 0 aromatic carbocycles. The highest BCUT2D eigenvalue weighted by atomic mass is 16.7. The van der Waals surface area contributed by atoms with Gasteiger partial charge in [-0.15, -0.1) is 0 Å². The average molecular weight is 297 g/mol. The molecule has 0 bridgehead atoms. The minimum atomic E-state index is -0.303. The van der Waals surface area contributed by atoms with Crippen LogP contribution in [0.5, 0.6) is 0 Å². The minimum absolute atomic E-state index is 0.0694. The Bertz CT molecular complexity index is 361. The van der Waals surface area contributed by atoms with E-state index in [2.05, 4.69) is 15.0 Å². The summed E-state index contributed by atoms with van der Waals surface area (Å²) in [6.45, 7) is 5.38. The molecular formula is C15H27N3O3. The van der Waals surface area contributed by atoms with E-state index in [0.717, 1.165) is 32.7 Å². The Labute approximate surface area is 126 Å². The molecule has 0 aliphatic carbocycles. The van der Waals surface area contributed by atoms with E-state index < -0.39 is 0 Å². The van der Waals surface area contributed by atoms with Crippen LogP contribution in [0.2, 0.25) is 0 Å². The van der Waals surface area contributed by atoms with Gasteiger partial charge < -0.3 is 19.6 Å². The zero-order chi connectivity index (χ0) is 14.7. The van der Waals surface area contributed by atoms with Crippen molar-refractivity contribution >= 4 is 5.90 Å². The molecule has 3 rings (SSSR count). The first kappa shape index (κ1) is 15.1. The summed E-state index contributed by atoms with van der Waals surface area (Å²) in [5, 5.41) is 14.0. The third-order valence-electron chi connectivity index (χ3n) is 4.57. The second kappa shape index (κ2) is 6.94. The average Bonchev–Trinajstić information content (AvgIpc) is 2.47. The molecule has 0 aromatic rings. The third kappa shape index (κ3) is 4.08. The van der Waals surface area contributed by atoms with Crippen LogP contribution in [0, 0.1) is 5.92 Å². The number of β-amino-alcohol motifs (C(OH)–C–C–N with tert-alkyl or cyclic N) is 1. The van der Waals surface area contributed by atoms with Gasteiger partial charge in [0.1, 0.15) is 6.10 Å². The molecule has 0 saturated carbocycles. The quantitative estimate of drug-likeness (QED) is 0.823. The number of hydrogen-bond acceptors (Lipinski definition) is 6. The molecule has 120 valence electrons. The molecule has 2 saturated heterocycles. The van der Waals surface area contributed by atoms with Gasteiger partial charge in [-0.3, -0.25) is 4.90 Å². The predicted molar refractivity (Wildman–Crippen MR) is 80.2 cm³/mol. The van der Waals surface area contributed by atoms with Crippen molar-refractivity contribution in [1.82, 2.24) is 9.80 Å². The molecule has 3 aliphatic rings. The number of hydrogen-bond donors (Lipinski definition) is 1. The molecule has 3 atom stereocenters. The lowest BCUT2D eigenvalue weighted by Gasteiger charge is -2.36. The fraction of sp³-hybridized carbons (Fsp3) is 0.933. The summed E-state index contributed by atoms with van der Waals surface area (Å²) < 4.78 is 6.07. The lowest BCUT2D eigenvalue weighted by atomic mass is 9.96. The second-order valence-electron chi connectivity index (χ2n) is 6.63. The van der Waals surface area contributed by atoms with Crippen LogP contribution in [0.1, 0.15) is 25.7 Å². The third-order valence-corrected chi connectivity index (χ3v) is 4.57. The minimum Gasteiger partial charge on any atom is -0.470 e. The number of oxime groups is 1. The number of likely N-dealkylation sites (tertiary alicyclic amines) is 2. The topological polar surface area (TPSA) is 57.5 Å². The lowest BCUT2D eigenvalue weighted by molar-refractivity contribution is -0.0228. The number of aliphatic hydroxyl groups excluding tert-OH is 1. The van der Waals surface area contributed by atoms with Crippen molar-refractivity contribution in [2.24, 2.45) is 11.1 Å². The maximum Gasteiger partial charge on any atom is 0.230 e. The van der Waals surface area contributed by atoms with E-state index in [9.17, 15) is 5.11 Å². The van der Waals surface area contributed by atoms with Crippen LogP contribution in [0.15, 0.2) is 5.16 Å². The van der Waals surface area contributed by atoms with Gasteiger partial charge in [0.05, 0.1) is 12.0 Å². The molecule has 3 heterocycles. The summed E-state index contributed by atoms with van der Waals surface area (Å²) in [4.78, 5) is 9.98. The van der Waals surface area contributed by atoms with E-state index in [-0.39, 0.29) is 18.1 Å². The van der Waals surface area contributed by atoms with E-state index in [1.54, 1.807) is 0 Å². The van der Waals surface area contributed by atoms with Crippen LogP contribution in [-0.4, -0.2) is 79.4 Å². The highest BCUT2D eigenvalue weighted by Gasteiger charge is 2.33. The molecule has 21 heavy (non-hydrogen) atoms. The molecule has 2 fully saturated rings. The number of aliphatic hydroxyl groups is 1. The number of piperidine rings is 2. The van der Waals surface area contributed by atoms with Gasteiger partial charge in [-0.05, 0) is 39.4 Å². The molecule has 0 spiro atoms. The number of rotatable bonds is 3. The molecule has 3 aliphatic heterocycles. The van der Waals surface area contributed by atoms with Crippen molar-refractivity contribution in [3.8, 4) is 0 Å². The highest BCUT2D eigenvalue weighted by Crippen LogP contribution is 2.21. The van der Waals surface area contributed by atoms with Crippen LogP contribution in [-0.2, 0) is 9.57 Å². The van der Waals surface area contributed by atoms with E-state index in [1.165, 1.54) is 19.3 Å². The number of ether oxygens (including phenoxy) is 1. The summed E-state index contributed by atoms with van der Waals surface area (Å²) in [7, 11) is 2.02. The van der Waals surface area contributed by atoms with E-state index in [1.807, 2.05) is 7.05 Å². The zero-order valence-electron chi connectivity index (χ0n) is 12.9. The van der Waals surface area contributed by atoms with Crippen molar-refractivity contribution < 1.29 is 14.7 Å². The van der Waals surface area contributed by atoms with Gasteiger partial charge >= 0.3 is 0 Å². The maximum atomic E-state index is 9.91. The van der Waals surface area contributed by atoms with Gasteiger partial charge in [-0.2, -0.15) is 0 Å². The van der Waals surface area contributed by atoms with Gasteiger partial charge in [0, 0.05) is 19.6 Å². The van der Waals surface area contributed by atoms with Crippen molar-refractivity contribution in [3.05, 3.63) is 0 Å². The summed E-state index contributed by atoms with van der Waals surface area (Å²) in [6.07, 6.45) is 4.39. The Morgan fingerprint density at radius 3 is 2.81 bits per heavy atom. The summed E-state index contributed by atoms with van der Waals surface area (Å²) >= 11 is 0. The van der Waals surface area contributed by atoms with Gasteiger partial charge in [0.25, 0.3) is 0 Å². The van der Waals surface area contributed by atoms with Crippen LogP contribution >= 0.6 is 0 Å². The Morgan fingerprint density at radius 2 is 2.05 bits per heavy atom. The van der Waals surface area contributed by atoms with Crippen LogP contribution in [0.25, 0.3) is 0 Å². The monoisotopic (exact) mass is 297 g/mol. The Morgan fingerprint density at radius 1 is 1.24 bits per heavy atom. The molecule has 6 nitrogen and oxygen atoms in total. The van der Waals surface area contributed by atoms with Crippen molar-refractivity contribution in [1.29, 1.82) is 0 Å². The highest BCUT2D eigenvalue weighted by molar-refractivity contribution is 5.79. The van der Waals surface area contributed by atoms with Gasteiger partial charge in [-0.25, -0.2) is 0 Å². The largest absolute Gasteiger partial charge is 0.470 e. The van der Waals surface area contributed by atoms with Crippen LogP contribution < -0.4 is 0 Å². The molecule has 1 N–H and O–H groups in total. The Kier molecular flexibility index (Phi) is 4.98. The zero-order valence-corrected chi connectivity index (χ0v) is 12.9. The lowest BCUT2D eigenvalue weighted by Crippen LogP contribution is -2.47. The van der Waals surface area contributed by atoms with Crippen molar-refractivity contribution in [3.63, 3.8) is 0 Å². The smallest absolute Gasteiger partial charge is 0.230 e. The second-order valence-corrected chi connectivity index (χ2v) is 6.63. The molecule has 0 aromatic heterocycles. The Hall–Kier alpha value is -0.850. The molecule has 1 unspecified atom stereocenters. The fourth-order valence-corrected chi connectivity index (χ4v) is 3.57. The summed E-state index contributed by atoms with van der Waals surface area (Å²) in [6, 6.07) is 0. The standard InChI is InChI=1S/C15H27N3O3/c1-17-8-12(7-13(19)9-17)15-16-20-11-14(21-15)10-18-5-3-2-4-6-18/h12-14,19H,2-11H2,1H3/t12-,13-,14?/m1/s1. The van der Waals surface area contributed by atoms with E-state index in [0.29, 0.717) is 18.9 Å². The van der Waals surface area contributed by atoms with E-state index in [4.69, 9.17) is 9.57 Å². The van der Waals surface area contributed by atoms with Crippen LogP contribution in [0.3, 0.4) is 0 Å². The number of nitrogens with zero attached hydrogens (tertiary/aromatic N) is 3. The normalized spacial score (nSPS) is 35.7. The van der Waals surface area contributed by atoms with Gasteiger partial charge in [0.2, 0.25) is 5.90 Å². The van der Waals surface area contributed by atoms with Crippen molar-refractivity contribution in [2.45, 2.75) is 37.9 Å². The first-order chi connectivity index (χ1) is 10.2. The first-order valence-corrected chi connectivity index (χ1v) is 8.16. The summed E-state index contributed by atoms with van der Waals surface area (Å²) in [5.41, 5.74) is 0.